The maximum Gasteiger partial charge on any atom is 0.191 e. The molecule has 0 spiro atoms. The molecule has 1 aromatic rings. The Hall–Kier alpha value is -1.40. The van der Waals surface area contributed by atoms with Crippen LogP contribution in [0.25, 0.3) is 0 Å². The first-order valence-corrected chi connectivity index (χ1v) is 10.4. The highest BCUT2D eigenvalue weighted by molar-refractivity contribution is 7.98. The van der Waals surface area contributed by atoms with Crippen molar-refractivity contribution in [2.24, 2.45) is 4.99 Å². The van der Waals surface area contributed by atoms with Crippen molar-refractivity contribution < 1.29 is 9.47 Å². The first-order valence-electron chi connectivity index (χ1n) is 8.97. The van der Waals surface area contributed by atoms with E-state index in [4.69, 9.17) is 14.5 Å². The summed E-state index contributed by atoms with van der Waals surface area (Å²) < 4.78 is 10.9. The SMILES string of the molecule is CCNC(=NCC1(c2ccc(OC)cc2)CCOCC1)NCCSC. The van der Waals surface area contributed by atoms with Gasteiger partial charge in [-0.25, -0.2) is 0 Å². The van der Waals surface area contributed by atoms with Crippen LogP contribution >= 0.6 is 11.8 Å². The number of hydrogen-bond acceptors (Lipinski definition) is 4. The van der Waals surface area contributed by atoms with E-state index in [1.807, 2.05) is 23.9 Å². The molecule has 140 valence electrons. The van der Waals surface area contributed by atoms with Crippen LogP contribution in [-0.2, 0) is 10.2 Å². The van der Waals surface area contributed by atoms with Crippen molar-refractivity contribution in [2.75, 3.05) is 52.0 Å². The first kappa shape index (κ1) is 19.9. The number of ether oxygens (including phenoxy) is 2. The lowest BCUT2D eigenvalue weighted by atomic mass is 9.74. The molecule has 6 heteroatoms. The average molecular weight is 366 g/mol. The summed E-state index contributed by atoms with van der Waals surface area (Å²) in [6, 6.07) is 8.43. The van der Waals surface area contributed by atoms with Crippen LogP contribution in [0.5, 0.6) is 5.75 Å². The molecule has 0 radical (unpaired) electrons. The number of aliphatic imine (C=N–C) groups is 1. The maximum absolute atomic E-state index is 5.62. The average Bonchev–Trinajstić information content (AvgIpc) is 2.67. The van der Waals surface area contributed by atoms with E-state index in [0.717, 1.165) is 63.2 Å². The Morgan fingerprint density at radius 1 is 1.24 bits per heavy atom. The summed E-state index contributed by atoms with van der Waals surface area (Å²) in [4.78, 5) is 4.90. The van der Waals surface area contributed by atoms with Crippen LogP contribution in [0.1, 0.15) is 25.3 Å². The number of thioether (sulfide) groups is 1. The normalized spacial score (nSPS) is 17.2. The molecule has 0 bridgehead atoms. The Morgan fingerprint density at radius 3 is 2.56 bits per heavy atom. The first-order chi connectivity index (χ1) is 12.2. The van der Waals surface area contributed by atoms with E-state index in [-0.39, 0.29) is 5.41 Å². The number of benzene rings is 1. The Balaban J connectivity index is 2.15. The van der Waals surface area contributed by atoms with Crippen molar-refractivity contribution in [3.05, 3.63) is 29.8 Å². The predicted octanol–water partition coefficient (Wildman–Crippen LogP) is 2.66. The highest BCUT2D eigenvalue weighted by Gasteiger charge is 2.34. The van der Waals surface area contributed by atoms with Crippen LogP contribution in [0.15, 0.2) is 29.3 Å². The number of rotatable bonds is 8. The summed E-state index contributed by atoms with van der Waals surface area (Å²) >= 11 is 1.83. The second-order valence-corrected chi connectivity index (χ2v) is 7.22. The third-order valence-electron chi connectivity index (χ3n) is 4.63. The lowest BCUT2D eigenvalue weighted by Crippen LogP contribution is -2.41. The van der Waals surface area contributed by atoms with Crippen molar-refractivity contribution in [3.63, 3.8) is 0 Å². The second kappa shape index (κ2) is 10.6. The lowest BCUT2D eigenvalue weighted by molar-refractivity contribution is 0.0531. The molecule has 1 aliphatic rings. The molecule has 0 unspecified atom stereocenters. The molecule has 1 saturated heterocycles. The third-order valence-corrected chi connectivity index (χ3v) is 5.25. The van der Waals surface area contributed by atoms with E-state index in [9.17, 15) is 0 Å². The summed E-state index contributed by atoms with van der Waals surface area (Å²) in [6.45, 7) is 6.22. The molecule has 0 saturated carbocycles. The molecule has 0 amide bonds. The zero-order valence-electron chi connectivity index (χ0n) is 15.6. The molecule has 25 heavy (non-hydrogen) atoms. The fourth-order valence-corrected chi connectivity index (χ4v) is 3.39. The van der Waals surface area contributed by atoms with Gasteiger partial charge in [-0.05, 0) is 43.7 Å². The minimum absolute atomic E-state index is 0.0341. The molecule has 2 rings (SSSR count). The highest BCUT2D eigenvalue weighted by Crippen LogP contribution is 2.36. The molecule has 1 aromatic carbocycles. The van der Waals surface area contributed by atoms with E-state index in [1.54, 1.807) is 7.11 Å². The third kappa shape index (κ3) is 5.82. The van der Waals surface area contributed by atoms with Gasteiger partial charge in [0, 0.05) is 37.5 Å². The Morgan fingerprint density at radius 2 is 1.96 bits per heavy atom. The Bertz CT molecular complexity index is 528. The van der Waals surface area contributed by atoms with E-state index in [2.05, 4.69) is 35.9 Å². The molecule has 1 fully saturated rings. The molecule has 2 N–H and O–H groups in total. The summed E-state index contributed by atoms with van der Waals surface area (Å²) in [7, 11) is 1.70. The monoisotopic (exact) mass is 365 g/mol. The molecule has 1 heterocycles. The van der Waals surface area contributed by atoms with Crippen LogP contribution in [0.3, 0.4) is 0 Å². The van der Waals surface area contributed by atoms with Crippen LogP contribution in [0.4, 0.5) is 0 Å². The van der Waals surface area contributed by atoms with Crippen molar-refractivity contribution >= 4 is 17.7 Å². The molecule has 0 aliphatic carbocycles. The van der Waals surface area contributed by atoms with Gasteiger partial charge in [-0.2, -0.15) is 11.8 Å². The van der Waals surface area contributed by atoms with Gasteiger partial charge in [0.05, 0.1) is 13.7 Å². The van der Waals surface area contributed by atoms with E-state index < -0.39 is 0 Å². The molecular weight excluding hydrogens is 334 g/mol. The largest absolute Gasteiger partial charge is 0.497 e. The maximum atomic E-state index is 5.62. The van der Waals surface area contributed by atoms with Gasteiger partial charge in [-0.3, -0.25) is 4.99 Å². The van der Waals surface area contributed by atoms with Crippen molar-refractivity contribution in [3.8, 4) is 5.75 Å². The van der Waals surface area contributed by atoms with Crippen LogP contribution in [0, 0.1) is 0 Å². The van der Waals surface area contributed by atoms with Gasteiger partial charge in [0.15, 0.2) is 5.96 Å². The van der Waals surface area contributed by atoms with Crippen molar-refractivity contribution in [1.82, 2.24) is 10.6 Å². The number of nitrogens with one attached hydrogen (secondary N) is 2. The standard InChI is InChI=1S/C19H31N3O2S/c1-4-20-18(21-11-14-25-3)22-15-19(9-12-24-13-10-19)16-5-7-17(23-2)8-6-16/h5-8H,4,9-15H2,1-3H3,(H2,20,21,22). The van der Waals surface area contributed by atoms with Gasteiger partial charge >= 0.3 is 0 Å². The molecule has 0 atom stereocenters. The topological polar surface area (TPSA) is 54.9 Å². The summed E-state index contributed by atoms with van der Waals surface area (Å²) in [5.74, 6) is 2.86. The smallest absolute Gasteiger partial charge is 0.191 e. The fraction of sp³-hybridized carbons (Fsp3) is 0.632. The minimum atomic E-state index is 0.0341. The quantitative estimate of drug-likeness (QED) is 0.421. The Kier molecular flexibility index (Phi) is 8.41. The molecular formula is C19H31N3O2S. The fourth-order valence-electron chi connectivity index (χ4n) is 3.09. The van der Waals surface area contributed by atoms with Crippen LogP contribution in [0.2, 0.25) is 0 Å². The van der Waals surface area contributed by atoms with E-state index in [0.29, 0.717) is 0 Å². The van der Waals surface area contributed by atoms with Crippen LogP contribution in [-0.4, -0.2) is 57.9 Å². The number of hydrogen-bond donors (Lipinski definition) is 2. The number of nitrogens with zero attached hydrogens (tertiary/aromatic N) is 1. The van der Waals surface area contributed by atoms with Gasteiger partial charge in [0.25, 0.3) is 0 Å². The molecule has 0 aromatic heterocycles. The summed E-state index contributed by atoms with van der Waals surface area (Å²) in [5.41, 5.74) is 1.35. The number of guanidine groups is 1. The zero-order valence-corrected chi connectivity index (χ0v) is 16.5. The van der Waals surface area contributed by atoms with Gasteiger partial charge in [-0.15, -0.1) is 0 Å². The van der Waals surface area contributed by atoms with Crippen molar-refractivity contribution in [2.45, 2.75) is 25.2 Å². The second-order valence-electron chi connectivity index (χ2n) is 6.24. The van der Waals surface area contributed by atoms with Gasteiger partial charge < -0.3 is 20.1 Å². The van der Waals surface area contributed by atoms with Crippen LogP contribution < -0.4 is 15.4 Å². The summed E-state index contributed by atoms with van der Waals surface area (Å²) in [6.07, 6.45) is 4.10. The van der Waals surface area contributed by atoms with Gasteiger partial charge in [0.1, 0.15) is 5.75 Å². The minimum Gasteiger partial charge on any atom is -0.497 e. The van der Waals surface area contributed by atoms with Crippen molar-refractivity contribution in [1.29, 1.82) is 0 Å². The molecule has 1 aliphatic heterocycles. The zero-order chi connectivity index (χ0) is 18.0. The Labute approximate surface area is 156 Å². The predicted molar refractivity (Wildman–Crippen MR) is 107 cm³/mol. The number of methoxy groups -OCH3 is 1. The van der Waals surface area contributed by atoms with Gasteiger partial charge in [-0.1, -0.05) is 12.1 Å². The summed E-state index contributed by atoms with van der Waals surface area (Å²) in [5, 5.41) is 6.76. The van der Waals surface area contributed by atoms with Gasteiger partial charge in [0.2, 0.25) is 0 Å². The van der Waals surface area contributed by atoms with E-state index >= 15 is 0 Å². The molecule has 5 nitrogen and oxygen atoms in total. The van der Waals surface area contributed by atoms with E-state index in [1.165, 1.54) is 5.56 Å². The highest BCUT2D eigenvalue weighted by atomic mass is 32.2. The lowest BCUT2D eigenvalue weighted by Gasteiger charge is -2.36.